The maximum atomic E-state index is 6.04. The second kappa shape index (κ2) is 5.94. The topological polar surface area (TPSA) is 52.0 Å². The van der Waals surface area contributed by atoms with E-state index in [4.69, 9.17) is 11.5 Å². The Labute approximate surface area is 128 Å². The van der Waals surface area contributed by atoms with Crippen molar-refractivity contribution in [3.63, 3.8) is 0 Å². The molecule has 3 aromatic carbocycles. The van der Waals surface area contributed by atoms with Gasteiger partial charge in [0.05, 0.1) is 0 Å². The smallest absolute Gasteiger partial charge is 0.0331 e. The van der Waals surface area contributed by atoms with Gasteiger partial charge in [-0.25, -0.2) is 0 Å². The van der Waals surface area contributed by atoms with Crippen LogP contribution in [-0.2, 0) is 0 Å². The molecule has 3 heteroatoms. The van der Waals surface area contributed by atoms with E-state index in [1.54, 1.807) is 11.8 Å². The van der Waals surface area contributed by atoms with Gasteiger partial charge in [0.1, 0.15) is 0 Å². The molecule has 4 N–H and O–H groups in total. The van der Waals surface area contributed by atoms with Gasteiger partial charge in [-0.05, 0) is 53.6 Å². The summed E-state index contributed by atoms with van der Waals surface area (Å²) < 4.78 is 0. The highest BCUT2D eigenvalue weighted by Crippen LogP contribution is 2.33. The number of anilines is 2. The minimum absolute atomic E-state index is 0.765. The third kappa shape index (κ3) is 3.38. The van der Waals surface area contributed by atoms with E-state index >= 15 is 0 Å². The lowest BCUT2D eigenvalue weighted by atomic mass is 10.0. The number of rotatable bonds is 3. The van der Waals surface area contributed by atoms with Gasteiger partial charge in [0.25, 0.3) is 0 Å². The summed E-state index contributed by atoms with van der Waals surface area (Å²) in [6, 6.07) is 24.3. The first-order valence-corrected chi connectivity index (χ1v) is 7.52. The van der Waals surface area contributed by atoms with E-state index in [-0.39, 0.29) is 0 Å². The Morgan fingerprint density at radius 1 is 0.571 bits per heavy atom. The number of nitrogen functional groups attached to an aromatic ring is 2. The van der Waals surface area contributed by atoms with Crippen LogP contribution in [0.1, 0.15) is 0 Å². The zero-order valence-electron chi connectivity index (χ0n) is 11.5. The lowest BCUT2D eigenvalue weighted by Crippen LogP contribution is -1.88. The molecule has 0 aliphatic heterocycles. The fraction of sp³-hybridized carbons (Fsp3) is 0. The zero-order valence-corrected chi connectivity index (χ0v) is 12.3. The van der Waals surface area contributed by atoms with Crippen LogP contribution in [-0.4, -0.2) is 0 Å². The van der Waals surface area contributed by atoms with Crippen LogP contribution in [0.3, 0.4) is 0 Å². The molecule has 0 atom stereocenters. The lowest BCUT2D eigenvalue weighted by molar-refractivity contribution is 1.40. The van der Waals surface area contributed by atoms with Crippen molar-refractivity contribution in [3.05, 3.63) is 72.8 Å². The van der Waals surface area contributed by atoms with E-state index in [9.17, 15) is 0 Å². The summed E-state index contributed by atoms with van der Waals surface area (Å²) in [6.45, 7) is 0. The Hall–Kier alpha value is -2.39. The molecular formula is C18H16N2S. The number of nitrogens with two attached hydrogens (primary N) is 2. The third-order valence-corrected chi connectivity index (χ3v) is 4.13. The average Bonchev–Trinajstić information content (AvgIpc) is 2.48. The van der Waals surface area contributed by atoms with Crippen molar-refractivity contribution in [2.45, 2.75) is 9.79 Å². The SMILES string of the molecule is Nc1ccc(-c2cc(N)cc(Sc3ccccc3)c2)cc1. The second-order valence-corrected chi connectivity index (χ2v) is 5.97. The highest BCUT2D eigenvalue weighted by atomic mass is 32.2. The maximum absolute atomic E-state index is 6.04. The van der Waals surface area contributed by atoms with Crippen LogP contribution >= 0.6 is 11.8 Å². The molecule has 3 rings (SSSR count). The van der Waals surface area contributed by atoms with Crippen molar-refractivity contribution < 1.29 is 0 Å². The van der Waals surface area contributed by atoms with Crippen LogP contribution in [0, 0.1) is 0 Å². The first kappa shape index (κ1) is 13.6. The fourth-order valence-corrected chi connectivity index (χ4v) is 3.09. The van der Waals surface area contributed by atoms with Crippen LogP contribution in [0.5, 0.6) is 0 Å². The molecule has 0 unspecified atom stereocenters. The van der Waals surface area contributed by atoms with Crippen molar-refractivity contribution in [2.75, 3.05) is 11.5 Å². The summed E-state index contributed by atoms with van der Waals surface area (Å²) in [6.07, 6.45) is 0. The van der Waals surface area contributed by atoms with Crippen molar-refractivity contribution in [1.82, 2.24) is 0 Å². The van der Waals surface area contributed by atoms with Crippen LogP contribution in [0.25, 0.3) is 11.1 Å². The minimum Gasteiger partial charge on any atom is -0.399 e. The summed E-state index contributed by atoms with van der Waals surface area (Å²) in [7, 11) is 0. The Morgan fingerprint density at radius 2 is 1.29 bits per heavy atom. The van der Waals surface area contributed by atoms with Gasteiger partial charge in [-0.15, -0.1) is 0 Å². The molecule has 0 amide bonds. The van der Waals surface area contributed by atoms with E-state index < -0.39 is 0 Å². The molecule has 0 aromatic heterocycles. The largest absolute Gasteiger partial charge is 0.399 e. The molecule has 0 bridgehead atoms. The van der Waals surface area contributed by atoms with Crippen LogP contribution in [0.4, 0.5) is 11.4 Å². The molecule has 0 heterocycles. The molecule has 0 fully saturated rings. The van der Waals surface area contributed by atoms with E-state index in [1.807, 2.05) is 54.6 Å². The first-order chi connectivity index (χ1) is 10.2. The molecule has 0 saturated carbocycles. The van der Waals surface area contributed by atoms with Crippen molar-refractivity contribution in [3.8, 4) is 11.1 Å². The van der Waals surface area contributed by atoms with Crippen LogP contribution < -0.4 is 11.5 Å². The number of hydrogen-bond donors (Lipinski definition) is 2. The molecule has 0 aliphatic carbocycles. The first-order valence-electron chi connectivity index (χ1n) is 6.70. The Morgan fingerprint density at radius 3 is 2.00 bits per heavy atom. The summed E-state index contributed by atoms with van der Waals surface area (Å²) in [4.78, 5) is 2.33. The zero-order chi connectivity index (χ0) is 14.7. The van der Waals surface area contributed by atoms with Crippen LogP contribution in [0.2, 0.25) is 0 Å². The normalized spacial score (nSPS) is 10.5. The molecule has 0 radical (unpaired) electrons. The average molecular weight is 292 g/mol. The molecule has 21 heavy (non-hydrogen) atoms. The van der Waals surface area contributed by atoms with Gasteiger partial charge in [0.15, 0.2) is 0 Å². The lowest BCUT2D eigenvalue weighted by Gasteiger charge is -2.08. The number of hydrogen-bond acceptors (Lipinski definition) is 3. The molecule has 0 saturated heterocycles. The summed E-state index contributed by atoms with van der Waals surface area (Å²) in [5.41, 5.74) is 15.5. The second-order valence-electron chi connectivity index (χ2n) is 4.83. The molecular weight excluding hydrogens is 276 g/mol. The minimum atomic E-state index is 0.765. The molecule has 0 aliphatic rings. The van der Waals surface area contributed by atoms with E-state index in [0.717, 1.165) is 27.4 Å². The van der Waals surface area contributed by atoms with Crippen molar-refractivity contribution >= 4 is 23.1 Å². The van der Waals surface area contributed by atoms with Gasteiger partial charge in [0.2, 0.25) is 0 Å². The third-order valence-electron chi connectivity index (χ3n) is 3.15. The van der Waals surface area contributed by atoms with Crippen LogP contribution in [0.15, 0.2) is 82.6 Å². The standard InChI is InChI=1S/C18H16N2S/c19-15-8-6-13(7-9-15)14-10-16(20)12-18(11-14)21-17-4-2-1-3-5-17/h1-12H,19-20H2. The molecule has 104 valence electrons. The predicted octanol–water partition coefficient (Wildman–Crippen LogP) is 4.67. The molecule has 0 spiro atoms. The van der Waals surface area contributed by atoms with Gasteiger partial charge in [-0.2, -0.15) is 0 Å². The van der Waals surface area contributed by atoms with Gasteiger partial charge in [-0.1, -0.05) is 42.1 Å². The highest BCUT2D eigenvalue weighted by molar-refractivity contribution is 7.99. The summed E-state index contributed by atoms with van der Waals surface area (Å²) in [5, 5.41) is 0. The Bertz CT molecular complexity index is 737. The Balaban J connectivity index is 1.94. The Kier molecular flexibility index (Phi) is 3.84. The fourth-order valence-electron chi connectivity index (χ4n) is 2.15. The van der Waals surface area contributed by atoms with Gasteiger partial charge < -0.3 is 11.5 Å². The predicted molar refractivity (Wildman–Crippen MR) is 91.3 cm³/mol. The van der Waals surface area contributed by atoms with Gasteiger partial charge >= 0.3 is 0 Å². The van der Waals surface area contributed by atoms with E-state index in [1.165, 1.54) is 4.90 Å². The summed E-state index contributed by atoms with van der Waals surface area (Å²) >= 11 is 1.71. The van der Waals surface area contributed by atoms with Gasteiger partial charge in [0, 0.05) is 21.2 Å². The monoisotopic (exact) mass is 292 g/mol. The number of benzene rings is 3. The summed E-state index contributed by atoms with van der Waals surface area (Å²) in [5.74, 6) is 0. The van der Waals surface area contributed by atoms with E-state index in [0.29, 0.717) is 0 Å². The maximum Gasteiger partial charge on any atom is 0.0331 e. The van der Waals surface area contributed by atoms with E-state index in [2.05, 4.69) is 18.2 Å². The molecule has 3 aromatic rings. The van der Waals surface area contributed by atoms with Gasteiger partial charge in [-0.3, -0.25) is 0 Å². The van der Waals surface area contributed by atoms with Crippen molar-refractivity contribution in [2.24, 2.45) is 0 Å². The van der Waals surface area contributed by atoms with Crippen molar-refractivity contribution in [1.29, 1.82) is 0 Å². The molecule has 2 nitrogen and oxygen atoms in total. The quantitative estimate of drug-likeness (QED) is 0.690. The highest BCUT2D eigenvalue weighted by Gasteiger charge is 2.04.